The molecule has 5 heteroatoms. The van der Waals surface area contributed by atoms with Crippen LogP contribution in [0.3, 0.4) is 0 Å². The summed E-state index contributed by atoms with van der Waals surface area (Å²) in [4.78, 5) is 43.3. The lowest BCUT2D eigenvalue weighted by atomic mass is 9.39. The molecule has 1 N–H and O–H groups in total. The van der Waals surface area contributed by atoms with E-state index in [1.807, 2.05) is 47.6 Å². The van der Waals surface area contributed by atoms with E-state index in [0.29, 0.717) is 30.6 Å². The third kappa shape index (κ3) is 3.98. The molecule has 1 aliphatic heterocycles. The van der Waals surface area contributed by atoms with E-state index in [-0.39, 0.29) is 23.9 Å². The Hall–Kier alpha value is -2.01. The Bertz CT molecular complexity index is 1020. The van der Waals surface area contributed by atoms with E-state index in [4.69, 9.17) is 4.74 Å². The number of hydrogen-bond donors (Lipinski definition) is 1. The van der Waals surface area contributed by atoms with Crippen LogP contribution in [-0.4, -0.2) is 34.2 Å². The van der Waals surface area contributed by atoms with Crippen LogP contribution in [0, 0.1) is 28.1 Å². The van der Waals surface area contributed by atoms with Gasteiger partial charge in [-0.1, -0.05) is 51.0 Å². The largest absolute Gasteiger partial charge is 0.490 e. The minimum Gasteiger partial charge on any atom is -0.490 e. The molecule has 2 aliphatic carbocycles. The van der Waals surface area contributed by atoms with Crippen molar-refractivity contribution in [2.75, 3.05) is 0 Å². The lowest BCUT2D eigenvalue weighted by molar-refractivity contribution is -0.176. The number of allylic oxidation sites excluding steroid dienone is 6. The summed E-state index contributed by atoms with van der Waals surface area (Å²) in [7, 11) is 0. The molecule has 1 saturated carbocycles. The smallest absolute Gasteiger partial charge is 0.184 e. The molecule has 1 heterocycles. The second-order valence-corrected chi connectivity index (χ2v) is 12.9. The van der Waals surface area contributed by atoms with E-state index < -0.39 is 39.7 Å². The summed E-state index contributed by atoms with van der Waals surface area (Å²) >= 11 is 0. The van der Waals surface area contributed by atoms with Crippen LogP contribution < -0.4 is 0 Å². The average Bonchev–Trinajstić information content (AvgIpc) is 3.10. The lowest BCUT2D eigenvalue weighted by Crippen LogP contribution is -2.69. The van der Waals surface area contributed by atoms with Gasteiger partial charge in [0, 0.05) is 17.9 Å². The van der Waals surface area contributed by atoms with Crippen LogP contribution in [0.15, 0.2) is 34.6 Å². The number of Topliss-reactive ketones (excluding diaryl/α,β-unsaturated/α-hetero) is 3. The molecule has 3 unspecified atom stereocenters. The van der Waals surface area contributed by atoms with Gasteiger partial charge in [-0.25, -0.2) is 0 Å². The quantitative estimate of drug-likeness (QED) is 0.359. The van der Waals surface area contributed by atoms with Crippen molar-refractivity contribution in [2.24, 2.45) is 28.1 Å². The van der Waals surface area contributed by atoms with Gasteiger partial charge in [-0.15, -0.1) is 0 Å². The number of ketones is 3. The van der Waals surface area contributed by atoms with Gasteiger partial charge in [0.1, 0.15) is 11.9 Å². The van der Waals surface area contributed by atoms with Gasteiger partial charge in [0.05, 0.1) is 11.0 Å². The highest BCUT2D eigenvalue weighted by atomic mass is 16.5. The van der Waals surface area contributed by atoms with Crippen LogP contribution in [0.4, 0.5) is 0 Å². The third-order valence-electron chi connectivity index (χ3n) is 8.68. The van der Waals surface area contributed by atoms with Crippen molar-refractivity contribution in [3.05, 3.63) is 34.6 Å². The molecule has 0 aromatic carbocycles. The molecule has 0 radical (unpaired) electrons. The second-order valence-electron chi connectivity index (χ2n) is 12.9. The molecular weight excluding hydrogens is 440 g/mol. The molecule has 4 atom stereocenters. The van der Waals surface area contributed by atoms with E-state index >= 15 is 0 Å². The molecule has 194 valence electrons. The van der Waals surface area contributed by atoms with Crippen LogP contribution >= 0.6 is 0 Å². The van der Waals surface area contributed by atoms with Crippen molar-refractivity contribution in [2.45, 2.75) is 107 Å². The van der Waals surface area contributed by atoms with E-state index in [0.717, 1.165) is 11.1 Å². The van der Waals surface area contributed by atoms with Crippen molar-refractivity contribution in [1.82, 2.24) is 0 Å². The maximum Gasteiger partial charge on any atom is 0.184 e. The maximum absolute atomic E-state index is 14.7. The van der Waals surface area contributed by atoms with Gasteiger partial charge in [-0.3, -0.25) is 14.4 Å². The zero-order chi connectivity index (χ0) is 26.7. The van der Waals surface area contributed by atoms with E-state index in [2.05, 4.69) is 6.08 Å². The maximum atomic E-state index is 14.7. The summed E-state index contributed by atoms with van der Waals surface area (Å²) in [5.74, 6) is -1.14. The second kappa shape index (κ2) is 8.83. The summed E-state index contributed by atoms with van der Waals surface area (Å²) in [5, 5.41) is 10.9. The summed E-state index contributed by atoms with van der Waals surface area (Å²) in [6.07, 6.45) is 5.24. The molecule has 2 bridgehead atoms. The number of rotatable bonds is 7. The zero-order valence-corrected chi connectivity index (χ0v) is 23.3. The van der Waals surface area contributed by atoms with Crippen LogP contribution in [0.2, 0.25) is 0 Å². The molecule has 1 saturated heterocycles. The highest BCUT2D eigenvalue weighted by Gasteiger charge is 2.77. The number of aliphatic hydroxyl groups is 1. The van der Waals surface area contributed by atoms with E-state index in [1.54, 1.807) is 27.7 Å². The predicted octanol–water partition coefficient (Wildman–Crippen LogP) is 5.91. The first kappa shape index (κ1) is 27.6. The SMILES string of the molecule is CC(C)=CCC1=C2O[C@H](C(C)(C)O)CC23CC(CC=C(C)C)C(C)(C)C(C(=O)C(C)C)(C1=O)C3=O. The van der Waals surface area contributed by atoms with Gasteiger partial charge < -0.3 is 9.84 Å². The molecule has 3 rings (SSSR count). The highest BCUT2D eigenvalue weighted by molar-refractivity contribution is 6.33. The number of fused-ring (bicyclic) bond motifs is 1. The fourth-order valence-corrected chi connectivity index (χ4v) is 6.50. The molecule has 0 aromatic rings. The summed E-state index contributed by atoms with van der Waals surface area (Å²) in [6.45, 7) is 18.8. The number of carbonyl (C=O) groups excluding carboxylic acids is 3. The van der Waals surface area contributed by atoms with E-state index in [9.17, 15) is 19.5 Å². The fourth-order valence-electron chi connectivity index (χ4n) is 6.50. The molecule has 5 nitrogen and oxygen atoms in total. The Balaban J connectivity index is 2.40. The highest BCUT2D eigenvalue weighted by Crippen LogP contribution is 2.68. The molecule has 2 fully saturated rings. The summed E-state index contributed by atoms with van der Waals surface area (Å²) < 4.78 is 6.35. The number of carbonyl (C=O) groups is 3. The van der Waals surface area contributed by atoms with Gasteiger partial charge in [-0.2, -0.15) is 0 Å². The lowest BCUT2D eigenvalue weighted by Gasteiger charge is -2.59. The van der Waals surface area contributed by atoms with Crippen LogP contribution in [0.5, 0.6) is 0 Å². The third-order valence-corrected chi connectivity index (χ3v) is 8.68. The standard InChI is InChI=1S/C30H44O5/c1-17(2)11-13-20-15-29-16-22(28(9,10)34)35-25(29)21(14-12-18(3)4)24(32)30(26(29)33,27(20,7)8)23(31)19(5)6/h11-12,19-20,22,34H,13-16H2,1-10H3/t20?,22-,29?,30?/m0/s1. The first-order valence-electron chi connectivity index (χ1n) is 13.0. The van der Waals surface area contributed by atoms with Crippen LogP contribution in [0.25, 0.3) is 0 Å². The Morgan fingerprint density at radius 2 is 1.66 bits per heavy atom. The van der Waals surface area contributed by atoms with Crippen molar-refractivity contribution < 1.29 is 24.2 Å². The Morgan fingerprint density at radius 1 is 1.09 bits per heavy atom. The molecule has 0 aromatic heterocycles. The Kier molecular flexibility index (Phi) is 6.96. The molecule has 3 aliphatic rings. The number of ether oxygens (including phenoxy) is 1. The fraction of sp³-hybridized carbons (Fsp3) is 0.700. The van der Waals surface area contributed by atoms with Crippen molar-refractivity contribution in [1.29, 1.82) is 0 Å². The Morgan fingerprint density at radius 3 is 2.14 bits per heavy atom. The van der Waals surface area contributed by atoms with Gasteiger partial charge in [-0.05, 0) is 72.1 Å². The van der Waals surface area contributed by atoms with Gasteiger partial charge in [0.2, 0.25) is 0 Å². The first-order valence-corrected chi connectivity index (χ1v) is 13.0. The minimum atomic E-state index is -1.76. The van der Waals surface area contributed by atoms with Crippen molar-refractivity contribution in [3.8, 4) is 0 Å². The molecular formula is C30H44O5. The monoisotopic (exact) mass is 484 g/mol. The van der Waals surface area contributed by atoms with Gasteiger partial charge in [0.15, 0.2) is 22.8 Å². The predicted molar refractivity (Wildman–Crippen MR) is 138 cm³/mol. The summed E-state index contributed by atoms with van der Waals surface area (Å²) in [5.41, 5.74) is -2.27. The Labute approximate surface area is 211 Å². The van der Waals surface area contributed by atoms with Crippen molar-refractivity contribution >= 4 is 17.3 Å². The van der Waals surface area contributed by atoms with Crippen LogP contribution in [-0.2, 0) is 19.1 Å². The molecule has 1 spiro atoms. The van der Waals surface area contributed by atoms with Gasteiger partial charge in [0.25, 0.3) is 0 Å². The average molecular weight is 485 g/mol. The first-order chi connectivity index (χ1) is 15.9. The summed E-state index contributed by atoms with van der Waals surface area (Å²) in [6, 6.07) is 0. The minimum absolute atomic E-state index is 0.0779. The van der Waals surface area contributed by atoms with E-state index in [1.165, 1.54) is 0 Å². The zero-order valence-electron chi connectivity index (χ0n) is 23.3. The normalized spacial score (nSPS) is 31.8. The van der Waals surface area contributed by atoms with Gasteiger partial charge >= 0.3 is 0 Å². The number of hydrogen-bond acceptors (Lipinski definition) is 5. The molecule has 0 amide bonds. The van der Waals surface area contributed by atoms with Crippen LogP contribution in [0.1, 0.15) is 94.9 Å². The topological polar surface area (TPSA) is 80.7 Å². The molecule has 35 heavy (non-hydrogen) atoms. The van der Waals surface area contributed by atoms with Crippen molar-refractivity contribution in [3.63, 3.8) is 0 Å².